The zero-order valence-electron chi connectivity index (χ0n) is 15.1. The molecule has 1 saturated heterocycles. The average Bonchev–Trinajstić information content (AvgIpc) is 3.16. The number of carbonyl (C=O) groups is 1. The summed E-state index contributed by atoms with van der Waals surface area (Å²) in [6.45, 7) is 3.53. The fraction of sp³-hybridized carbons (Fsp3) is 0.238. The van der Waals surface area contributed by atoms with Crippen LogP contribution in [0.5, 0.6) is 0 Å². The molecule has 0 saturated carbocycles. The van der Waals surface area contributed by atoms with E-state index in [1.165, 1.54) is 0 Å². The van der Waals surface area contributed by atoms with Gasteiger partial charge >= 0.3 is 0 Å². The van der Waals surface area contributed by atoms with Gasteiger partial charge in [0.2, 0.25) is 5.89 Å². The van der Waals surface area contributed by atoms with E-state index < -0.39 is 0 Å². The first kappa shape index (κ1) is 19.0. The Kier molecular flexibility index (Phi) is 5.67. The van der Waals surface area contributed by atoms with Gasteiger partial charge in [-0.2, -0.15) is 0 Å². The highest BCUT2D eigenvalue weighted by atomic mass is 35.5. The summed E-state index contributed by atoms with van der Waals surface area (Å²) in [5.74, 6) is 0.582. The summed E-state index contributed by atoms with van der Waals surface area (Å²) in [7, 11) is 0. The molecular weight excluding hydrogens is 397 g/mol. The Morgan fingerprint density at radius 1 is 1.00 bits per heavy atom. The Hall–Kier alpha value is -2.34. The summed E-state index contributed by atoms with van der Waals surface area (Å²) in [4.78, 5) is 21.4. The summed E-state index contributed by atoms with van der Waals surface area (Å²) in [6, 6.07) is 14.8. The molecule has 0 N–H and O–H groups in total. The Morgan fingerprint density at radius 2 is 1.68 bits per heavy atom. The first-order valence-electron chi connectivity index (χ1n) is 9.06. The van der Waals surface area contributed by atoms with E-state index in [4.69, 9.17) is 27.6 Å². The molecule has 0 unspecified atom stereocenters. The van der Waals surface area contributed by atoms with E-state index in [1.54, 1.807) is 24.5 Å². The third-order valence-electron chi connectivity index (χ3n) is 4.73. The molecule has 28 heavy (non-hydrogen) atoms. The molecule has 1 aliphatic rings. The molecule has 0 radical (unpaired) electrons. The van der Waals surface area contributed by atoms with Crippen LogP contribution in [-0.2, 0) is 6.54 Å². The minimum absolute atomic E-state index is 0.0446. The van der Waals surface area contributed by atoms with E-state index in [0.717, 1.165) is 24.3 Å². The highest BCUT2D eigenvalue weighted by Gasteiger charge is 2.23. The van der Waals surface area contributed by atoms with Gasteiger partial charge in [0.1, 0.15) is 6.26 Å². The van der Waals surface area contributed by atoms with Crippen molar-refractivity contribution in [2.75, 3.05) is 26.2 Å². The number of rotatable bonds is 4. The van der Waals surface area contributed by atoms with Gasteiger partial charge in [-0.25, -0.2) is 4.98 Å². The van der Waals surface area contributed by atoms with Gasteiger partial charge in [0.05, 0.1) is 5.69 Å². The van der Waals surface area contributed by atoms with Crippen molar-refractivity contribution in [3.05, 3.63) is 76.1 Å². The smallest absolute Gasteiger partial charge is 0.254 e. The van der Waals surface area contributed by atoms with Crippen LogP contribution in [0.2, 0.25) is 10.0 Å². The van der Waals surface area contributed by atoms with E-state index in [-0.39, 0.29) is 5.91 Å². The van der Waals surface area contributed by atoms with Crippen LogP contribution in [0.4, 0.5) is 0 Å². The standard InChI is InChI=1S/C21H19Cl2N3O2/c22-17-10-16(11-18(23)12-17)21(27)26-8-6-25(7-9-26)13-19-14-28-20(24-19)15-4-2-1-3-5-15/h1-5,10-12,14H,6-9,13H2. The first-order chi connectivity index (χ1) is 13.6. The van der Waals surface area contributed by atoms with Crippen LogP contribution in [0.25, 0.3) is 11.5 Å². The lowest BCUT2D eigenvalue weighted by atomic mass is 10.2. The lowest BCUT2D eigenvalue weighted by Gasteiger charge is -2.34. The van der Waals surface area contributed by atoms with Crippen LogP contribution in [0.3, 0.4) is 0 Å². The minimum Gasteiger partial charge on any atom is -0.444 e. The van der Waals surface area contributed by atoms with Gasteiger partial charge in [-0.15, -0.1) is 0 Å². The summed E-state index contributed by atoms with van der Waals surface area (Å²) in [6.07, 6.45) is 1.70. The number of aromatic nitrogens is 1. The van der Waals surface area contributed by atoms with Gasteiger partial charge in [0.25, 0.3) is 5.91 Å². The van der Waals surface area contributed by atoms with Gasteiger partial charge < -0.3 is 9.32 Å². The molecular formula is C21H19Cl2N3O2. The molecule has 7 heteroatoms. The van der Waals surface area contributed by atoms with Crippen LogP contribution in [-0.4, -0.2) is 46.9 Å². The lowest BCUT2D eigenvalue weighted by molar-refractivity contribution is 0.0627. The molecule has 1 aliphatic heterocycles. The van der Waals surface area contributed by atoms with E-state index in [0.29, 0.717) is 41.1 Å². The number of hydrogen-bond donors (Lipinski definition) is 0. The van der Waals surface area contributed by atoms with E-state index in [1.807, 2.05) is 35.2 Å². The molecule has 2 heterocycles. The Morgan fingerprint density at radius 3 is 2.36 bits per heavy atom. The van der Waals surface area contributed by atoms with Crippen molar-refractivity contribution in [1.29, 1.82) is 0 Å². The number of amides is 1. The second kappa shape index (κ2) is 8.35. The van der Waals surface area contributed by atoms with Gasteiger partial charge in [0.15, 0.2) is 0 Å². The zero-order valence-corrected chi connectivity index (χ0v) is 16.7. The normalized spacial score (nSPS) is 15.0. The van der Waals surface area contributed by atoms with Crippen LogP contribution < -0.4 is 0 Å². The molecule has 3 aromatic rings. The fourth-order valence-corrected chi connectivity index (χ4v) is 3.82. The van der Waals surface area contributed by atoms with Gasteiger partial charge in [-0.1, -0.05) is 41.4 Å². The van der Waals surface area contributed by atoms with Crippen molar-refractivity contribution in [3.63, 3.8) is 0 Å². The lowest BCUT2D eigenvalue weighted by Crippen LogP contribution is -2.48. The van der Waals surface area contributed by atoms with Crippen molar-refractivity contribution >= 4 is 29.1 Å². The molecule has 1 fully saturated rings. The topological polar surface area (TPSA) is 49.6 Å². The van der Waals surface area contributed by atoms with E-state index in [9.17, 15) is 4.79 Å². The van der Waals surface area contributed by atoms with Gasteiger partial charge in [-0.05, 0) is 30.3 Å². The molecule has 0 spiro atoms. The molecule has 2 aromatic carbocycles. The molecule has 1 amide bonds. The zero-order chi connectivity index (χ0) is 19.5. The number of hydrogen-bond acceptors (Lipinski definition) is 4. The maximum Gasteiger partial charge on any atom is 0.254 e. The maximum atomic E-state index is 12.7. The predicted octanol–water partition coefficient (Wildman–Crippen LogP) is 4.61. The van der Waals surface area contributed by atoms with Gasteiger partial charge in [0, 0.05) is 53.9 Å². The van der Waals surface area contributed by atoms with Crippen molar-refractivity contribution in [2.24, 2.45) is 0 Å². The van der Waals surface area contributed by atoms with Crippen molar-refractivity contribution in [2.45, 2.75) is 6.54 Å². The minimum atomic E-state index is -0.0446. The summed E-state index contributed by atoms with van der Waals surface area (Å²) < 4.78 is 5.60. The molecule has 1 aromatic heterocycles. The number of nitrogens with zero attached hydrogens (tertiary/aromatic N) is 3. The van der Waals surface area contributed by atoms with Gasteiger partial charge in [-0.3, -0.25) is 9.69 Å². The highest BCUT2D eigenvalue weighted by molar-refractivity contribution is 6.35. The van der Waals surface area contributed by atoms with Crippen LogP contribution >= 0.6 is 23.2 Å². The third-order valence-corrected chi connectivity index (χ3v) is 5.16. The second-order valence-corrected chi connectivity index (χ2v) is 7.61. The molecule has 0 atom stereocenters. The predicted molar refractivity (Wildman–Crippen MR) is 110 cm³/mol. The summed E-state index contributed by atoms with van der Waals surface area (Å²) >= 11 is 12.0. The van der Waals surface area contributed by atoms with Crippen LogP contribution in [0.15, 0.2) is 59.2 Å². The fourth-order valence-electron chi connectivity index (χ4n) is 3.29. The number of halogens is 2. The largest absolute Gasteiger partial charge is 0.444 e. The van der Waals surface area contributed by atoms with E-state index >= 15 is 0 Å². The Balaban J connectivity index is 1.34. The quantitative estimate of drug-likeness (QED) is 0.624. The number of carbonyl (C=O) groups excluding carboxylic acids is 1. The molecule has 5 nitrogen and oxygen atoms in total. The third kappa shape index (κ3) is 4.38. The molecule has 144 valence electrons. The monoisotopic (exact) mass is 415 g/mol. The SMILES string of the molecule is O=C(c1cc(Cl)cc(Cl)c1)N1CCN(Cc2coc(-c3ccccc3)n2)CC1. The Labute approximate surface area is 173 Å². The number of piperazine rings is 1. The van der Waals surface area contributed by atoms with Crippen molar-refractivity contribution in [1.82, 2.24) is 14.8 Å². The molecule has 0 aliphatic carbocycles. The Bertz CT molecular complexity index is 947. The average molecular weight is 416 g/mol. The van der Waals surface area contributed by atoms with Crippen LogP contribution in [0, 0.1) is 0 Å². The highest BCUT2D eigenvalue weighted by Crippen LogP contribution is 2.22. The van der Waals surface area contributed by atoms with E-state index in [2.05, 4.69) is 9.88 Å². The summed E-state index contributed by atoms with van der Waals surface area (Å²) in [5.41, 5.74) is 2.37. The molecule has 0 bridgehead atoms. The van der Waals surface area contributed by atoms with Crippen LogP contribution in [0.1, 0.15) is 16.1 Å². The summed E-state index contributed by atoms with van der Waals surface area (Å²) in [5, 5.41) is 0.935. The van der Waals surface area contributed by atoms with Crippen molar-refractivity contribution in [3.8, 4) is 11.5 Å². The second-order valence-electron chi connectivity index (χ2n) is 6.74. The number of benzene rings is 2. The first-order valence-corrected chi connectivity index (χ1v) is 9.81. The van der Waals surface area contributed by atoms with Crippen molar-refractivity contribution < 1.29 is 9.21 Å². The molecule has 4 rings (SSSR count). The number of oxazole rings is 1. The maximum absolute atomic E-state index is 12.7.